The molecule has 142 valence electrons. The number of rotatable bonds is 4. The van der Waals surface area contributed by atoms with Crippen molar-refractivity contribution in [3.63, 3.8) is 0 Å². The van der Waals surface area contributed by atoms with E-state index in [1.54, 1.807) is 23.0 Å². The van der Waals surface area contributed by atoms with Crippen LogP contribution in [0, 0.1) is 5.41 Å². The Morgan fingerprint density at radius 2 is 1.79 bits per heavy atom. The molecule has 0 spiro atoms. The van der Waals surface area contributed by atoms with Crippen molar-refractivity contribution in [1.82, 2.24) is 14.5 Å². The minimum atomic E-state index is -0.145. The van der Waals surface area contributed by atoms with Crippen LogP contribution in [0.15, 0.2) is 65.7 Å². The van der Waals surface area contributed by atoms with Crippen molar-refractivity contribution in [2.24, 2.45) is 5.41 Å². The van der Waals surface area contributed by atoms with Gasteiger partial charge in [0.25, 0.3) is 5.56 Å². The van der Waals surface area contributed by atoms with Gasteiger partial charge in [-0.2, -0.15) is 0 Å². The van der Waals surface area contributed by atoms with Crippen LogP contribution in [0.2, 0.25) is 0 Å². The van der Waals surface area contributed by atoms with E-state index < -0.39 is 0 Å². The Hall–Kier alpha value is -3.28. The summed E-state index contributed by atoms with van der Waals surface area (Å²) in [5, 5.41) is 0. The molecule has 0 fully saturated rings. The lowest BCUT2D eigenvalue weighted by molar-refractivity contribution is 0.0993. The van der Waals surface area contributed by atoms with E-state index in [0.717, 1.165) is 5.56 Å². The van der Waals surface area contributed by atoms with Crippen LogP contribution in [0.3, 0.4) is 0 Å². The molecule has 1 aliphatic heterocycles. The normalized spacial score (nSPS) is 15.1. The first-order chi connectivity index (χ1) is 13.4. The van der Waals surface area contributed by atoms with E-state index in [-0.39, 0.29) is 23.3 Å². The third-order valence-corrected chi connectivity index (χ3v) is 4.88. The highest BCUT2D eigenvalue weighted by molar-refractivity contribution is 5.99. The number of anilines is 1. The number of hydrogen-bond donors (Lipinski definition) is 0. The van der Waals surface area contributed by atoms with E-state index in [4.69, 9.17) is 4.98 Å². The van der Waals surface area contributed by atoms with Crippen molar-refractivity contribution in [3.8, 4) is 11.3 Å². The summed E-state index contributed by atoms with van der Waals surface area (Å²) in [4.78, 5) is 36.3. The zero-order chi connectivity index (χ0) is 19.7. The predicted octanol–water partition coefficient (Wildman–Crippen LogP) is 3.03. The van der Waals surface area contributed by atoms with Crippen LogP contribution in [0.5, 0.6) is 0 Å². The zero-order valence-electron chi connectivity index (χ0n) is 16.0. The van der Waals surface area contributed by atoms with E-state index in [9.17, 15) is 9.59 Å². The first-order valence-electron chi connectivity index (χ1n) is 9.28. The molecule has 2 aromatic heterocycles. The number of carbonyl (C=O) groups is 1. The summed E-state index contributed by atoms with van der Waals surface area (Å²) in [5.41, 5.74) is 1.82. The minimum Gasteiger partial charge on any atom is -0.334 e. The lowest BCUT2D eigenvalue weighted by atomic mass is 9.90. The number of Topliss-reactive ketones (excluding diaryl/α,β-unsaturated/α-hetero) is 1. The van der Waals surface area contributed by atoms with Crippen LogP contribution in [0.4, 0.5) is 5.95 Å². The van der Waals surface area contributed by atoms with E-state index in [1.165, 1.54) is 0 Å². The Kier molecular flexibility index (Phi) is 4.55. The smallest absolute Gasteiger partial charge is 0.255 e. The molecular weight excluding hydrogens is 352 g/mol. The van der Waals surface area contributed by atoms with Gasteiger partial charge in [-0.1, -0.05) is 44.2 Å². The van der Waals surface area contributed by atoms with Crippen LogP contribution >= 0.6 is 0 Å². The lowest BCUT2D eigenvalue weighted by Crippen LogP contribution is -2.49. The number of aromatic nitrogens is 3. The Bertz CT molecular complexity index is 1060. The van der Waals surface area contributed by atoms with Crippen molar-refractivity contribution in [1.29, 1.82) is 0 Å². The molecule has 28 heavy (non-hydrogen) atoms. The molecule has 0 bridgehead atoms. The van der Waals surface area contributed by atoms with Crippen LogP contribution in [0.25, 0.3) is 11.3 Å². The van der Waals surface area contributed by atoms with Gasteiger partial charge in [-0.25, -0.2) is 4.98 Å². The number of ketones is 1. The SMILES string of the molecule is CC1(C)CN(CC(=O)c2ccccc2)c2nc(-c3ccncc3)cc(=O)n2C1. The topological polar surface area (TPSA) is 68.1 Å². The number of hydrogen-bond acceptors (Lipinski definition) is 5. The van der Waals surface area contributed by atoms with E-state index >= 15 is 0 Å². The average Bonchev–Trinajstić information content (AvgIpc) is 2.69. The molecule has 0 saturated carbocycles. The second-order valence-corrected chi connectivity index (χ2v) is 7.91. The molecule has 1 aromatic carbocycles. The minimum absolute atomic E-state index is 0.00779. The molecule has 0 aliphatic carbocycles. The lowest BCUT2D eigenvalue weighted by Gasteiger charge is -2.40. The third kappa shape index (κ3) is 3.58. The van der Waals surface area contributed by atoms with Gasteiger partial charge in [0.05, 0.1) is 12.2 Å². The summed E-state index contributed by atoms with van der Waals surface area (Å²) in [7, 11) is 0. The average molecular weight is 374 g/mol. The molecule has 1 aliphatic rings. The summed E-state index contributed by atoms with van der Waals surface area (Å²) < 4.78 is 1.67. The van der Waals surface area contributed by atoms with Gasteiger partial charge in [0.1, 0.15) is 0 Å². The first-order valence-corrected chi connectivity index (χ1v) is 9.28. The van der Waals surface area contributed by atoms with Crippen molar-refractivity contribution in [2.75, 3.05) is 18.0 Å². The van der Waals surface area contributed by atoms with Gasteiger partial charge in [-0.05, 0) is 12.1 Å². The van der Waals surface area contributed by atoms with Gasteiger partial charge in [0.2, 0.25) is 5.95 Å². The fraction of sp³-hybridized carbons (Fsp3) is 0.273. The van der Waals surface area contributed by atoms with Crippen molar-refractivity contribution >= 4 is 11.7 Å². The maximum Gasteiger partial charge on any atom is 0.255 e. The molecule has 6 heteroatoms. The summed E-state index contributed by atoms with van der Waals surface area (Å²) >= 11 is 0. The van der Waals surface area contributed by atoms with E-state index in [0.29, 0.717) is 30.3 Å². The summed E-state index contributed by atoms with van der Waals surface area (Å²) in [6, 6.07) is 14.4. The Labute approximate surface area is 163 Å². The standard InChI is InChI=1S/C22H22N4O2/c1-22(2)14-25(13-19(27)17-6-4-3-5-7-17)21-24-18(12-20(28)26(21)15-22)16-8-10-23-11-9-16/h3-12H,13-15H2,1-2H3. The zero-order valence-corrected chi connectivity index (χ0v) is 16.0. The molecular formula is C22H22N4O2. The fourth-order valence-electron chi connectivity index (χ4n) is 3.64. The van der Waals surface area contributed by atoms with Gasteiger partial charge in [0.15, 0.2) is 5.78 Å². The van der Waals surface area contributed by atoms with Gasteiger partial charge >= 0.3 is 0 Å². The molecule has 0 atom stereocenters. The maximum atomic E-state index is 12.8. The molecule has 6 nitrogen and oxygen atoms in total. The molecule has 4 rings (SSSR count). The van der Waals surface area contributed by atoms with Gasteiger partial charge in [-0.15, -0.1) is 0 Å². The maximum absolute atomic E-state index is 12.8. The second kappa shape index (κ2) is 7.03. The quantitative estimate of drug-likeness (QED) is 0.657. The van der Waals surface area contributed by atoms with Crippen molar-refractivity contribution < 1.29 is 4.79 Å². The molecule has 3 heterocycles. The predicted molar refractivity (Wildman–Crippen MR) is 108 cm³/mol. The van der Waals surface area contributed by atoms with Gasteiger partial charge < -0.3 is 4.90 Å². The van der Waals surface area contributed by atoms with Crippen molar-refractivity contribution in [3.05, 3.63) is 76.8 Å². The summed E-state index contributed by atoms with van der Waals surface area (Å²) in [6.45, 7) is 5.59. The highest BCUT2D eigenvalue weighted by atomic mass is 16.1. The first kappa shape index (κ1) is 18.1. The van der Waals surface area contributed by atoms with Gasteiger partial charge in [-0.3, -0.25) is 19.1 Å². The van der Waals surface area contributed by atoms with E-state index in [2.05, 4.69) is 18.8 Å². The summed E-state index contributed by atoms with van der Waals surface area (Å²) in [6.07, 6.45) is 3.35. The Balaban J connectivity index is 1.76. The number of benzene rings is 1. The van der Waals surface area contributed by atoms with Crippen LogP contribution in [0.1, 0.15) is 24.2 Å². The molecule has 0 saturated heterocycles. The molecule has 0 N–H and O–H groups in total. The largest absolute Gasteiger partial charge is 0.334 e. The molecule has 0 amide bonds. The second-order valence-electron chi connectivity index (χ2n) is 7.91. The van der Waals surface area contributed by atoms with Crippen LogP contribution in [-0.2, 0) is 6.54 Å². The molecule has 0 radical (unpaired) electrons. The molecule has 0 unspecified atom stereocenters. The Morgan fingerprint density at radius 3 is 2.50 bits per heavy atom. The third-order valence-electron chi connectivity index (χ3n) is 4.88. The van der Waals surface area contributed by atoms with E-state index in [1.807, 2.05) is 47.4 Å². The van der Waals surface area contributed by atoms with Crippen molar-refractivity contribution in [2.45, 2.75) is 20.4 Å². The summed E-state index contributed by atoms with van der Waals surface area (Å²) in [5.74, 6) is 0.552. The highest BCUT2D eigenvalue weighted by Crippen LogP contribution is 2.30. The van der Waals surface area contributed by atoms with Crippen LogP contribution < -0.4 is 10.5 Å². The number of carbonyl (C=O) groups excluding carboxylic acids is 1. The number of nitrogens with zero attached hydrogens (tertiary/aromatic N) is 4. The number of fused-ring (bicyclic) bond motifs is 1. The van der Waals surface area contributed by atoms with Gasteiger partial charge in [0, 0.05) is 48.1 Å². The van der Waals surface area contributed by atoms with Crippen LogP contribution in [-0.4, -0.2) is 33.4 Å². The molecule has 3 aromatic rings. The number of pyridine rings is 1. The monoisotopic (exact) mass is 374 g/mol. The fourth-order valence-corrected chi connectivity index (χ4v) is 3.64. The Morgan fingerprint density at radius 1 is 1.07 bits per heavy atom. The highest BCUT2D eigenvalue weighted by Gasteiger charge is 2.33.